The Bertz CT molecular complexity index is 338. The third-order valence-electron chi connectivity index (χ3n) is 2.99. The van der Waals surface area contributed by atoms with Gasteiger partial charge in [-0.15, -0.1) is 0 Å². The number of hydrogen-bond donors (Lipinski definition) is 2. The molecule has 0 amide bonds. The highest BCUT2D eigenvalue weighted by molar-refractivity contribution is 9.10. The maximum absolute atomic E-state index is 5.48. The molecule has 15 heavy (non-hydrogen) atoms. The lowest BCUT2D eigenvalue weighted by Gasteiger charge is -2.13. The second-order valence-corrected chi connectivity index (χ2v) is 4.85. The summed E-state index contributed by atoms with van der Waals surface area (Å²) in [6.07, 6.45) is 3.44. The lowest BCUT2D eigenvalue weighted by Crippen LogP contribution is -2.22. The number of nitrogens with one attached hydrogen (secondary N) is 1. The van der Waals surface area contributed by atoms with E-state index in [2.05, 4.69) is 39.4 Å². The van der Waals surface area contributed by atoms with E-state index in [1.165, 1.54) is 28.4 Å². The van der Waals surface area contributed by atoms with Crippen LogP contribution in [0.4, 0.5) is 0 Å². The molecule has 1 aromatic rings. The van der Waals surface area contributed by atoms with Gasteiger partial charge < -0.3 is 11.1 Å². The largest absolute Gasteiger partial charge is 0.330 e. The van der Waals surface area contributed by atoms with Crippen molar-refractivity contribution in [1.82, 2.24) is 5.32 Å². The monoisotopic (exact) mass is 268 g/mol. The zero-order chi connectivity index (χ0) is 10.7. The molecule has 0 aliphatic heterocycles. The van der Waals surface area contributed by atoms with Gasteiger partial charge in [-0.2, -0.15) is 0 Å². The molecule has 1 aliphatic carbocycles. The maximum atomic E-state index is 5.48. The molecular weight excluding hydrogens is 252 g/mol. The topological polar surface area (TPSA) is 38.0 Å². The molecule has 2 rings (SSSR count). The zero-order valence-electron chi connectivity index (χ0n) is 8.80. The van der Waals surface area contributed by atoms with Gasteiger partial charge >= 0.3 is 0 Å². The summed E-state index contributed by atoms with van der Waals surface area (Å²) < 4.78 is 1.25. The van der Waals surface area contributed by atoms with Gasteiger partial charge in [-0.1, -0.05) is 28.1 Å². The molecule has 3 N–H and O–H groups in total. The Morgan fingerprint density at radius 2 is 2.33 bits per heavy atom. The predicted molar refractivity (Wildman–Crippen MR) is 66.9 cm³/mol. The second kappa shape index (κ2) is 5.10. The fourth-order valence-electron chi connectivity index (χ4n) is 2.20. The Labute approximate surface area is 99.4 Å². The third-order valence-corrected chi connectivity index (χ3v) is 3.73. The van der Waals surface area contributed by atoms with E-state index in [-0.39, 0.29) is 0 Å². The van der Waals surface area contributed by atoms with Gasteiger partial charge in [0.05, 0.1) is 0 Å². The van der Waals surface area contributed by atoms with Gasteiger partial charge in [-0.3, -0.25) is 0 Å². The van der Waals surface area contributed by atoms with Gasteiger partial charge in [0.25, 0.3) is 0 Å². The molecule has 0 spiro atoms. The van der Waals surface area contributed by atoms with Crippen molar-refractivity contribution in [3.05, 3.63) is 33.8 Å². The summed E-state index contributed by atoms with van der Waals surface area (Å²) in [6, 6.07) is 7.00. The molecule has 0 aromatic heterocycles. The first-order valence-corrected chi connectivity index (χ1v) is 6.33. The average Bonchev–Trinajstić information content (AvgIpc) is 2.64. The number of halogens is 1. The first kappa shape index (κ1) is 11.1. The van der Waals surface area contributed by atoms with E-state index in [1.807, 2.05) is 0 Å². The molecule has 1 aromatic carbocycles. The normalized spacial score (nSPS) is 19.2. The van der Waals surface area contributed by atoms with Crippen LogP contribution in [0, 0.1) is 0 Å². The molecule has 82 valence electrons. The van der Waals surface area contributed by atoms with Gasteiger partial charge in [0.1, 0.15) is 0 Å². The minimum absolute atomic E-state index is 0.532. The van der Waals surface area contributed by atoms with E-state index < -0.39 is 0 Å². The molecular formula is C12H17BrN2. The predicted octanol–water partition coefficient (Wildman–Crippen LogP) is 2.37. The Morgan fingerprint density at radius 1 is 1.47 bits per heavy atom. The van der Waals surface area contributed by atoms with Crippen LogP contribution >= 0.6 is 15.9 Å². The van der Waals surface area contributed by atoms with Crippen LogP contribution in [0.1, 0.15) is 30.0 Å². The number of benzene rings is 1. The van der Waals surface area contributed by atoms with E-state index in [4.69, 9.17) is 5.73 Å². The summed E-state index contributed by atoms with van der Waals surface area (Å²) in [5.41, 5.74) is 8.42. The SMILES string of the molecule is NCCCNC1CCc2c(Br)cccc21. The highest BCUT2D eigenvalue weighted by Gasteiger charge is 2.22. The molecule has 1 unspecified atom stereocenters. The standard InChI is InChI=1S/C12H17BrN2/c13-11-4-1-3-10-9(11)5-6-12(10)15-8-2-7-14/h1,3-4,12,15H,2,5-8,14H2. The smallest absolute Gasteiger partial charge is 0.0326 e. The van der Waals surface area contributed by atoms with Crippen LogP contribution in [0.15, 0.2) is 22.7 Å². The lowest BCUT2D eigenvalue weighted by atomic mass is 10.1. The van der Waals surface area contributed by atoms with Crippen LogP contribution in [-0.2, 0) is 6.42 Å². The quantitative estimate of drug-likeness (QED) is 0.823. The minimum atomic E-state index is 0.532. The van der Waals surface area contributed by atoms with Crippen LogP contribution in [0.5, 0.6) is 0 Å². The van der Waals surface area contributed by atoms with Gasteiger partial charge in [0, 0.05) is 10.5 Å². The molecule has 1 atom stereocenters. The molecule has 0 fully saturated rings. The maximum Gasteiger partial charge on any atom is 0.0326 e. The van der Waals surface area contributed by atoms with Gasteiger partial charge in [-0.05, 0) is 49.5 Å². The van der Waals surface area contributed by atoms with Crippen molar-refractivity contribution in [2.45, 2.75) is 25.3 Å². The molecule has 2 nitrogen and oxygen atoms in total. The van der Waals surface area contributed by atoms with Gasteiger partial charge in [0.15, 0.2) is 0 Å². The van der Waals surface area contributed by atoms with Crippen LogP contribution < -0.4 is 11.1 Å². The fourth-order valence-corrected chi connectivity index (χ4v) is 2.78. The van der Waals surface area contributed by atoms with E-state index in [9.17, 15) is 0 Å². The summed E-state index contributed by atoms with van der Waals surface area (Å²) in [6.45, 7) is 1.79. The second-order valence-electron chi connectivity index (χ2n) is 4.00. The van der Waals surface area contributed by atoms with Crippen LogP contribution in [0.2, 0.25) is 0 Å². The van der Waals surface area contributed by atoms with Gasteiger partial charge in [-0.25, -0.2) is 0 Å². The highest BCUT2D eigenvalue weighted by atomic mass is 79.9. The van der Waals surface area contributed by atoms with Crippen molar-refractivity contribution in [2.24, 2.45) is 5.73 Å². The van der Waals surface area contributed by atoms with E-state index in [1.54, 1.807) is 0 Å². The van der Waals surface area contributed by atoms with Crippen molar-refractivity contribution >= 4 is 15.9 Å². The number of rotatable bonds is 4. The lowest BCUT2D eigenvalue weighted by molar-refractivity contribution is 0.523. The average molecular weight is 269 g/mol. The van der Waals surface area contributed by atoms with E-state index >= 15 is 0 Å². The van der Waals surface area contributed by atoms with Gasteiger partial charge in [0.2, 0.25) is 0 Å². The molecule has 0 saturated heterocycles. The molecule has 3 heteroatoms. The number of nitrogens with two attached hydrogens (primary N) is 1. The summed E-state index contributed by atoms with van der Waals surface area (Å²) in [4.78, 5) is 0. The Kier molecular flexibility index (Phi) is 3.78. The van der Waals surface area contributed by atoms with Crippen molar-refractivity contribution in [3.8, 4) is 0 Å². The van der Waals surface area contributed by atoms with Crippen molar-refractivity contribution in [1.29, 1.82) is 0 Å². The van der Waals surface area contributed by atoms with Crippen molar-refractivity contribution < 1.29 is 0 Å². The Balaban J connectivity index is 2.05. The van der Waals surface area contributed by atoms with E-state index in [0.29, 0.717) is 6.04 Å². The first-order valence-electron chi connectivity index (χ1n) is 5.53. The Hall–Kier alpha value is -0.380. The molecule has 1 aliphatic rings. The van der Waals surface area contributed by atoms with Crippen molar-refractivity contribution in [2.75, 3.05) is 13.1 Å². The Morgan fingerprint density at radius 3 is 3.13 bits per heavy atom. The fraction of sp³-hybridized carbons (Fsp3) is 0.500. The molecule has 0 saturated carbocycles. The van der Waals surface area contributed by atoms with Crippen LogP contribution in [0.3, 0.4) is 0 Å². The summed E-state index contributed by atoms with van der Waals surface area (Å²) in [7, 11) is 0. The number of hydrogen-bond acceptors (Lipinski definition) is 2. The van der Waals surface area contributed by atoms with E-state index in [0.717, 1.165) is 19.5 Å². The van der Waals surface area contributed by atoms with Crippen LogP contribution in [-0.4, -0.2) is 13.1 Å². The summed E-state index contributed by atoms with van der Waals surface area (Å²) >= 11 is 3.61. The minimum Gasteiger partial charge on any atom is -0.330 e. The summed E-state index contributed by atoms with van der Waals surface area (Å²) in [5, 5.41) is 3.57. The molecule has 0 radical (unpaired) electrons. The molecule has 0 bridgehead atoms. The third kappa shape index (κ3) is 2.41. The summed E-state index contributed by atoms with van der Waals surface area (Å²) in [5.74, 6) is 0. The zero-order valence-corrected chi connectivity index (χ0v) is 10.4. The number of fused-ring (bicyclic) bond motifs is 1. The van der Waals surface area contributed by atoms with Crippen LogP contribution in [0.25, 0.3) is 0 Å². The first-order chi connectivity index (χ1) is 7.33. The highest BCUT2D eigenvalue weighted by Crippen LogP contribution is 2.35. The molecule has 0 heterocycles. The van der Waals surface area contributed by atoms with Crippen molar-refractivity contribution in [3.63, 3.8) is 0 Å².